The predicted octanol–water partition coefficient (Wildman–Crippen LogP) is 1.15. The van der Waals surface area contributed by atoms with E-state index in [4.69, 9.17) is 4.74 Å². The Morgan fingerprint density at radius 2 is 2.11 bits per heavy atom. The van der Waals surface area contributed by atoms with Crippen LogP contribution < -0.4 is 0 Å². The standard InChI is InChI=1S/C13H16FN3O2/c1-19-6-5-17-12(15-16-13(17)9-18)8-10-3-2-4-11(14)7-10/h2-4,7,18H,5-6,8-9H2,1H3. The summed E-state index contributed by atoms with van der Waals surface area (Å²) in [6.45, 7) is 0.880. The van der Waals surface area contributed by atoms with Crippen molar-refractivity contribution in [3.8, 4) is 0 Å². The molecule has 0 amide bonds. The van der Waals surface area contributed by atoms with E-state index in [2.05, 4.69) is 10.2 Å². The van der Waals surface area contributed by atoms with Gasteiger partial charge in [0.05, 0.1) is 6.61 Å². The highest BCUT2D eigenvalue weighted by Gasteiger charge is 2.11. The van der Waals surface area contributed by atoms with E-state index in [0.29, 0.717) is 31.2 Å². The van der Waals surface area contributed by atoms with E-state index in [1.54, 1.807) is 17.7 Å². The SMILES string of the molecule is COCCn1c(CO)nnc1Cc1cccc(F)c1. The van der Waals surface area contributed by atoms with E-state index in [1.807, 2.05) is 6.07 Å². The van der Waals surface area contributed by atoms with E-state index in [0.717, 1.165) is 5.56 Å². The van der Waals surface area contributed by atoms with Gasteiger partial charge in [-0.2, -0.15) is 0 Å². The minimum absolute atomic E-state index is 0.181. The first-order chi connectivity index (χ1) is 9.24. The Balaban J connectivity index is 2.21. The van der Waals surface area contributed by atoms with Gasteiger partial charge in [-0.1, -0.05) is 12.1 Å². The number of hydrogen-bond donors (Lipinski definition) is 1. The lowest BCUT2D eigenvalue weighted by atomic mass is 10.1. The number of benzene rings is 1. The third kappa shape index (κ3) is 3.36. The molecule has 0 atom stereocenters. The van der Waals surface area contributed by atoms with Crippen LogP contribution in [0.5, 0.6) is 0 Å². The lowest BCUT2D eigenvalue weighted by Gasteiger charge is -2.08. The second-order valence-electron chi connectivity index (χ2n) is 4.14. The molecule has 1 N–H and O–H groups in total. The van der Waals surface area contributed by atoms with Gasteiger partial charge in [0.25, 0.3) is 0 Å². The Hall–Kier alpha value is -1.79. The van der Waals surface area contributed by atoms with E-state index in [9.17, 15) is 9.50 Å². The molecule has 0 unspecified atom stereocenters. The van der Waals surface area contributed by atoms with Crippen LogP contribution in [0.15, 0.2) is 24.3 Å². The summed E-state index contributed by atoms with van der Waals surface area (Å²) in [6.07, 6.45) is 0.467. The number of ether oxygens (including phenoxy) is 1. The zero-order valence-electron chi connectivity index (χ0n) is 10.7. The highest BCUT2D eigenvalue weighted by molar-refractivity contribution is 5.20. The maximum atomic E-state index is 13.1. The van der Waals surface area contributed by atoms with E-state index in [-0.39, 0.29) is 12.4 Å². The lowest BCUT2D eigenvalue weighted by Crippen LogP contribution is -2.12. The van der Waals surface area contributed by atoms with Crippen molar-refractivity contribution in [2.75, 3.05) is 13.7 Å². The topological polar surface area (TPSA) is 60.2 Å². The van der Waals surface area contributed by atoms with Crippen molar-refractivity contribution in [1.82, 2.24) is 14.8 Å². The third-order valence-electron chi connectivity index (χ3n) is 2.82. The second-order valence-corrected chi connectivity index (χ2v) is 4.14. The zero-order valence-corrected chi connectivity index (χ0v) is 10.7. The molecule has 1 aromatic carbocycles. The molecule has 2 aromatic rings. The third-order valence-corrected chi connectivity index (χ3v) is 2.82. The highest BCUT2D eigenvalue weighted by atomic mass is 19.1. The van der Waals surface area contributed by atoms with E-state index in [1.165, 1.54) is 12.1 Å². The molecular weight excluding hydrogens is 249 g/mol. The molecule has 2 rings (SSSR count). The average Bonchev–Trinajstić information content (AvgIpc) is 2.78. The Labute approximate surface area is 110 Å². The van der Waals surface area contributed by atoms with Crippen molar-refractivity contribution < 1.29 is 14.2 Å². The molecule has 19 heavy (non-hydrogen) atoms. The van der Waals surface area contributed by atoms with E-state index >= 15 is 0 Å². The monoisotopic (exact) mass is 265 g/mol. The quantitative estimate of drug-likeness (QED) is 0.851. The lowest BCUT2D eigenvalue weighted by molar-refractivity contribution is 0.181. The van der Waals surface area contributed by atoms with Crippen LogP contribution in [-0.4, -0.2) is 33.6 Å². The fourth-order valence-electron chi connectivity index (χ4n) is 1.89. The molecule has 0 saturated carbocycles. The summed E-state index contributed by atoms with van der Waals surface area (Å²) in [7, 11) is 1.61. The number of rotatable bonds is 6. The fraction of sp³-hybridized carbons (Fsp3) is 0.385. The average molecular weight is 265 g/mol. The van der Waals surface area contributed by atoms with Crippen LogP contribution in [0.25, 0.3) is 0 Å². The van der Waals surface area contributed by atoms with Gasteiger partial charge in [-0.05, 0) is 17.7 Å². The molecule has 0 saturated heterocycles. The van der Waals surface area contributed by atoms with Crippen molar-refractivity contribution in [3.05, 3.63) is 47.3 Å². The van der Waals surface area contributed by atoms with Gasteiger partial charge in [0.15, 0.2) is 5.82 Å². The molecule has 0 bridgehead atoms. The van der Waals surface area contributed by atoms with Gasteiger partial charge in [0.1, 0.15) is 18.2 Å². The van der Waals surface area contributed by atoms with Crippen LogP contribution in [0.4, 0.5) is 4.39 Å². The van der Waals surface area contributed by atoms with Gasteiger partial charge in [0, 0.05) is 20.1 Å². The number of halogens is 1. The molecule has 0 radical (unpaired) electrons. The molecule has 1 aromatic heterocycles. The fourth-order valence-corrected chi connectivity index (χ4v) is 1.89. The first-order valence-corrected chi connectivity index (χ1v) is 5.99. The summed E-state index contributed by atoms with van der Waals surface area (Å²) in [6, 6.07) is 6.36. The summed E-state index contributed by atoms with van der Waals surface area (Å²) >= 11 is 0. The van der Waals surface area contributed by atoms with Gasteiger partial charge >= 0.3 is 0 Å². The van der Waals surface area contributed by atoms with Crippen LogP contribution in [0.1, 0.15) is 17.2 Å². The number of methoxy groups -OCH3 is 1. The van der Waals surface area contributed by atoms with Crippen molar-refractivity contribution in [3.63, 3.8) is 0 Å². The number of aromatic nitrogens is 3. The van der Waals surface area contributed by atoms with Gasteiger partial charge in [-0.15, -0.1) is 10.2 Å². The molecule has 6 heteroatoms. The van der Waals surface area contributed by atoms with Gasteiger partial charge < -0.3 is 14.4 Å². The van der Waals surface area contributed by atoms with Crippen LogP contribution in [0.3, 0.4) is 0 Å². The Kier molecular flexibility index (Phi) is 4.59. The van der Waals surface area contributed by atoms with Crippen molar-refractivity contribution >= 4 is 0 Å². The Morgan fingerprint density at radius 1 is 1.32 bits per heavy atom. The molecule has 0 spiro atoms. The summed E-state index contributed by atoms with van der Waals surface area (Å²) in [5.41, 5.74) is 0.815. The van der Waals surface area contributed by atoms with Gasteiger partial charge in [-0.25, -0.2) is 4.39 Å². The Morgan fingerprint density at radius 3 is 2.79 bits per heavy atom. The van der Waals surface area contributed by atoms with Gasteiger partial charge in [-0.3, -0.25) is 0 Å². The summed E-state index contributed by atoms with van der Waals surface area (Å²) < 4.78 is 20.0. The smallest absolute Gasteiger partial charge is 0.158 e. The van der Waals surface area contributed by atoms with Crippen LogP contribution in [0, 0.1) is 5.82 Å². The van der Waals surface area contributed by atoms with Crippen LogP contribution >= 0.6 is 0 Å². The normalized spacial score (nSPS) is 10.9. The summed E-state index contributed by atoms with van der Waals surface area (Å²) in [5, 5.41) is 17.2. The number of nitrogens with zero attached hydrogens (tertiary/aromatic N) is 3. The van der Waals surface area contributed by atoms with Crippen LogP contribution in [-0.2, 0) is 24.3 Å². The molecule has 5 nitrogen and oxygen atoms in total. The number of aliphatic hydroxyl groups excluding tert-OH is 1. The summed E-state index contributed by atoms with van der Waals surface area (Å²) in [4.78, 5) is 0. The predicted molar refractivity (Wildman–Crippen MR) is 67.0 cm³/mol. The maximum absolute atomic E-state index is 13.1. The molecule has 0 aliphatic rings. The molecular formula is C13H16FN3O2. The largest absolute Gasteiger partial charge is 0.388 e. The molecule has 0 aliphatic carbocycles. The minimum Gasteiger partial charge on any atom is -0.388 e. The van der Waals surface area contributed by atoms with Crippen molar-refractivity contribution in [2.45, 2.75) is 19.6 Å². The zero-order chi connectivity index (χ0) is 13.7. The van der Waals surface area contributed by atoms with Gasteiger partial charge in [0.2, 0.25) is 0 Å². The molecule has 1 heterocycles. The first-order valence-electron chi connectivity index (χ1n) is 5.99. The molecule has 0 fully saturated rings. The highest BCUT2D eigenvalue weighted by Crippen LogP contribution is 2.11. The molecule has 102 valence electrons. The minimum atomic E-state index is -0.275. The van der Waals surface area contributed by atoms with Crippen molar-refractivity contribution in [1.29, 1.82) is 0 Å². The van der Waals surface area contributed by atoms with Crippen molar-refractivity contribution in [2.24, 2.45) is 0 Å². The number of hydrogen-bond acceptors (Lipinski definition) is 4. The second kappa shape index (κ2) is 6.40. The Bertz CT molecular complexity index is 542. The summed E-state index contributed by atoms with van der Waals surface area (Å²) in [5.74, 6) is 0.901. The molecule has 0 aliphatic heterocycles. The van der Waals surface area contributed by atoms with E-state index < -0.39 is 0 Å². The first kappa shape index (κ1) is 13.6. The van der Waals surface area contributed by atoms with Crippen LogP contribution in [0.2, 0.25) is 0 Å². The number of aliphatic hydroxyl groups is 1. The maximum Gasteiger partial charge on any atom is 0.158 e.